The van der Waals surface area contributed by atoms with E-state index in [9.17, 15) is 18.7 Å². The topological polar surface area (TPSA) is 113 Å². The first-order valence-electron chi connectivity index (χ1n) is 12.9. The largest absolute Gasteiger partial charge is 0.391 e. The predicted molar refractivity (Wildman–Crippen MR) is 133 cm³/mol. The van der Waals surface area contributed by atoms with Crippen LogP contribution in [0.25, 0.3) is 11.0 Å². The molecule has 210 valence electrons. The van der Waals surface area contributed by atoms with Crippen molar-refractivity contribution in [3.05, 3.63) is 65.1 Å². The standard InChI is InChI=1S/C26H25F4N7O3/c27-18-9-15(25(39)36-8-5-17(38)11-36)2-1-14(18)10-20-21-19(28)12-37(23(21)32-13-31-20)16-3-6-35(7-4-16)26-33-24(22(29)30)40-34-26/h1-2,9,12-13,16-17,22,38H,3-8,10-11H2/t17-/m0/s1. The van der Waals surface area contributed by atoms with Crippen molar-refractivity contribution >= 4 is 22.9 Å². The van der Waals surface area contributed by atoms with Crippen molar-refractivity contribution in [3.63, 3.8) is 0 Å². The summed E-state index contributed by atoms with van der Waals surface area (Å²) >= 11 is 0. The van der Waals surface area contributed by atoms with Crippen LogP contribution in [-0.2, 0) is 6.42 Å². The Balaban J connectivity index is 1.19. The molecule has 5 heterocycles. The van der Waals surface area contributed by atoms with Crippen LogP contribution in [0, 0.1) is 11.6 Å². The van der Waals surface area contributed by atoms with Crippen LogP contribution in [0.3, 0.4) is 0 Å². The predicted octanol–water partition coefficient (Wildman–Crippen LogP) is 3.67. The van der Waals surface area contributed by atoms with Gasteiger partial charge in [0, 0.05) is 50.4 Å². The molecule has 2 aliphatic rings. The molecule has 2 aliphatic heterocycles. The third kappa shape index (κ3) is 4.87. The summed E-state index contributed by atoms with van der Waals surface area (Å²) in [6.45, 7) is 1.51. The van der Waals surface area contributed by atoms with Crippen LogP contribution in [0.1, 0.15) is 59.2 Å². The average Bonchev–Trinajstić information content (AvgIpc) is 3.69. The monoisotopic (exact) mass is 559 g/mol. The molecule has 40 heavy (non-hydrogen) atoms. The number of hydrogen-bond acceptors (Lipinski definition) is 8. The molecular formula is C26H25F4N7O3. The zero-order valence-electron chi connectivity index (χ0n) is 21.2. The molecule has 2 saturated heterocycles. The first kappa shape index (κ1) is 26.2. The Morgan fingerprint density at radius 1 is 1.10 bits per heavy atom. The highest BCUT2D eigenvalue weighted by Crippen LogP contribution is 2.32. The lowest BCUT2D eigenvalue weighted by molar-refractivity contribution is 0.0764. The number of nitrogens with zero attached hydrogens (tertiary/aromatic N) is 7. The van der Waals surface area contributed by atoms with Gasteiger partial charge in [-0.3, -0.25) is 4.79 Å². The third-order valence-corrected chi connectivity index (χ3v) is 7.51. The van der Waals surface area contributed by atoms with E-state index in [1.54, 1.807) is 9.47 Å². The van der Waals surface area contributed by atoms with E-state index in [1.165, 1.54) is 29.6 Å². The lowest BCUT2D eigenvalue weighted by Gasteiger charge is -2.31. The van der Waals surface area contributed by atoms with Crippen LogP contribution in [0.15, 0.2) is 35.2 Å². The number of hydrogen-bond donors (Lipinski definition) is 1. The molecule has 0 radical (unpaired) electrons. The Bertz CT molecular complexity index is 1550. The maximum atomic E-state index is 15.2. The van der Waals surface area contributed by atoms with Crippen molar-refractivity contribution in [1.29, 1.82) is 0 Å². The Labute approximate surface area is 225 Å². The van der Waals surface area contributed by atoms with Gasteiger partial charge in [0.05, 0.1) is 17.2 Å². The minimum absolute atomic E-state index is 0.00850. The van der Waals surface area contributed by atoms with Gasteiger partial charge < -0.3 is 24.0 Å². The van der Waals surface area contributed by atoms with E-state index in [0.717, 1.165) is 6.07 Å². The van der Waals surface area contributed by atoms with E-state index in [2.05, 4.69) is 24.6 Å². The number of aliphatic hydroxyl groups is 1. The molecule has 14 heteroatoms. The normalized spacial score (nSPS) is 18.4. The smallest absolute Gasteiger partial charge is 0.316 e. The summed E-state index contributed by atoms with van der Waals surface area (Å²) in [6, 6.07) is 4.04. The molecule has 1 amide bonds. The van der Waals surface area contributed by atoms with E-state index in [1.807, 2.05) is 0 Å². The van der Waals surface area contributed by atoms with E-state index < -0.39 is 30.1 Å². The summed E-state index contributed by atoms with van der Waals surface area (Å²) < 4.78 is 62.2. The molecule has 6 rings (SSSR count). The second-order valence-electron chi connectivity index (χ2n) is 10.0. The van der Waals surface area contributed by atoms with Gasteiger partial charge in [0.1, 0.15) is 17.8 Å². The van der Waals surface area contributed by atoms with Crippen molar-refractivity contribution in [2.24, 2.45) is 0 Å². The Hall–Kier alpha value is -4.07. The lowest BCUT2D eigenvalue weighted by atomic mass is 10.0. The second-order valence-corrected chi connectivity index (χ2v) is 10.0. The summed E-state index contributed by atoms with van der Waals surface area (Å²) in [5.74, 6) is -2.14. The Morgan fingerprint density at radius 3 is 2.58 bits per heavy atom. The molecule has 1 aromatic carbocycles. The fraction of sp³-hybridized carbons (Fsp3) is 0.423. The number of alkyl halides is 2. The van der Waals surface area contributed by atoms with Gasteiger partial charge in [-0.2, -0.15) is 13.8 Å². The highest BCUT2D eigenvalue weighted by atomic mass is 19.3. The molecule has 0 spiro atoms. The SMILES string of the molecule is O=C(c1ccc(Cc2ncnc3c2c(F)cn3C2CCN(c3noc(C(F)F)n3)CC2)c(F)c1)N1CC[C@H](O)C1. The average molecular weight is 560 g/mol. The number of amides is 1. The zero-order valence-corrected chi connectivity index (χ0v) is 21.2. The first-order valence-corrected chi connectivity index (χ1v) is 12.9. The lowest BCUT2D eigenvalue weighted by Crippen LogP contribution is -2.35. The van der Waals surface area contributed by atoms with Gasteiger partial charge in [-0.15, -0.1) is 0 Å². The van der Waals surface area contributed by atoms with Gasteiger partial charge in [-0.1, -0.05) is 6.07 Å². The van der Waals surface area contributed by atoms with E-state index in [4.69, 9.17) is 0 Å². The van der Waals surface area contributed by atoms with Crippen molar-refractivity contribution in [2.75, 3.05) is 31.1 Å². The van der Waals surface area contributed by atoms with E-state index >= 15 is 8.78 Å². The molecule has 0 aliphatic carbocycles. The van der Waals surface area contributed by atoms with Crippen molar-refractivity contribution in [2.45, 2.75) is 44.3 Å². The van der Waals surface area contributed by atoms with Crippen molar-refractivity contribution in [1.82, 2.24) is 29.6 Å². The first-order chi connectivity index (χ1) is 19.3. The van der Waals surface area contributed by atoms with Crippen LogP contribution >= 0.6 is 0 Å². The fourth-order valence-corrected chi connectivity index (χ4v) is 5.41. The summed E-state index contributed by atoms with van der Waals surface area (Å²) in [5, 5.41) is 13.5. The molecule has 0 saturated carbocycles. The summed E-state index contributed by atoms with van der Waals surface area (Å²) in [6.07, 6.45) is 0.832. The van der Waals surface area contributed by atoms with Gasteiger partial charge in [0.15, 0.2) is 5.82 Å². The van der Waals surface area contributed by atoms with Gasteiger partial charge >= 0.3 is 6.43 Å². The van der Waals surface area contributed by atoms with Gasteiger partial charge in [-0.05, 0) is 42.1 Å². The number of aromatic nitrogens is 5. The van der Waals surface area contributed by atoms with Crippen molar-refractivity contribution < 1.29 is 32.0 Å². The molecule has 0 bridgehead atoms. The molecule has 1 N–H and O–H groups in total. The number of aliphatic hydroxyl groups excluding tert-OH is 1. The maximum Gasteiger partial charge on any atom is 0.316 e. The van der Waals surface area contributed by atoms with Gasteiger partial charge in [0.2, 0.25) is 0 Å². The minimum Gasteiger partial charge on any atom is -0.391 e. The quantitative estimate of drug-likeness (QED) is 0.356. The number of fused-ring (bicyclic) bond motifs is 1. The second kappa shape index (κ2) is 10.5. The number of β-amino-alcohol motifs (C(OH)–C–C–N with tert-alkyl or cyclic N) is 1. The van der Waals surface area contributed by atoms with Crippen molar-refractivity contribution in [3.8, 4) is 0 Å². The van der Waals surface area contributed by atoms with E-state index in [0.29, 0.717) is 50.2 Å². The van der Waals surface area contributed by atoms with Crippen LogP contribution in [0.2, 0.25) is 0 Å². The molecule has 1 atom stereocenters. The number of carbonyl (C=O) groups excluding carboxylic acids is 1. The van der Waals surface area contributed by atoms with Gasteiger partial charge in [0.25, 0.3) is 17.7 Å². The number of likely N-dealkylation sites (tertiary alicyclic amines) is 1. The minimum atomic E-state index is -2.85. The van der Waals surface area contributed by atoms with Crippen LogP contribution < -0.4 is 4.90 Å². The number of halogens is 4. The maximum absolute atomic E-state index is 15.2. The van der Waals surface area contributed by atoms with E-state index in [-0.39, 0.29) is 47.4 Å². The number of anilines is 1. The molecule has 2 fully saturated rings. The van der Waals surface area contributed by atoms with Crippen LogP contribution in [0.4, 0.5) is 23.5 Å². The van der Waals surface area contributed by atoms with Crippen LogP contribution in [0.5, 0.6) is 0 Å². The summed E-state index contributed by atoms with van der Waals surface area (Å²) in [5.41, 5.74) is 1.12. The Morgan fingerprint density at radius 2 is 1.90 bits per heavy atom. The molecule has 0 unspecified atom stereocenters. The zero-order chi connectivity index (χ0) is 28.0. The number of carbonyl (C=O) groups is 1. The fourth-order valence-electron chi connectivity index (χ4n) is 5.41. The number of rotatable bonds is 6. The highest BCUT2D eigenvalue weighted by Gasteiger charge is 2.29. The Kier molecular flexibility index (Phi) is 6.86. The summed E-state index contributed by atoms with van der Waals surface area (Å²) in [7, 11) is 0. The molecular weight excluding hydrogens is 534 g/mol. The third-order valence-electron chi connectivity index (χ3n) is 7.51. The molecule has 3 aromatic heterocycles. The number of benzene rings is 1. The van der Waals surface area contributed by atoms with Gasteiger partial charge in [-0.25, -0.2) is 18.7 Å². The highest BCUT2D eigenvalue weighted by molar-refractivity contribution is 5.94. The summed E-state index contributed by atoms with van der Waals surface area (Å²) in [4.78, 5) is 28.1. The molecule has 4 aromatic rings. The van der Waals surface area contributed by atoms with Crippen LogP contribution in [-0.4, -0.2) is 72.9 Å². The number of piperidine rings is 1. The molecule has 10 nitrogen and oxygen atoms in total.